The Bertz CT molecular complexity index is 263. The molecule has 0 aliphatic heterocycles. The van der Waals surface area contributed by atoms with Gasteiger partial charge in [0.25, 0.3) is 0 Å². The zero-order valence-electron chi connectivity index (χ0n) is 6.60. The van der Waals surface area contributed by atoms with Crippen molar-refractivity contribution in [3.8, 4) is 0 Å². The summed E-state index contributed by atoms with van der Waals surface area (Å²) in [5, 5.41) is 0. The van der Waals surface area contributed by atoms with Gasteiger partial charge < -0.3 is 0 Å². The Morgan fingerprint density at radius 3 is 2.27 bits per heavy atom. The van der Waals surface area contributed by atoms with Crippen LogP contribution in [-0.2, 0) is 4.79 Å². The van der Waals surface area contributed by atoms with Gasteiger partial charge in [0.2, 0.25) is 0 Å². The van der Waals surface area contributed by atoms with Crippen LogP contribution in [-0.4, -0.2) is 5.78 Å². The van der Waals surface area contributed by atoms with Crippen molar-refractivity contribution in [1.82, 2.24) is 0 Å². The van der Waals surface area contributed by atoms with E-state index in [9.17, 15) is 4.79 Å². The van der Waals surface area contributed by atoms with Crippen LogP contribution in [0.25, 0.3) is 0 Å². The molecule has 0 heterocycles. The van der Waals surface area contributed by atoms with E-state index >= 15 is 0 Å². The van der Waals surface area contributed by atoms with Crippen LogP contribution in [0.3, 0.4) is 0 Å². The molecular weight excluding hydrogens is 136 g/mol. The molecule has 2 atom stereocenters. The van der Waals surface area contributed by atoms with Crippen molar-refractivity contribution in [3.05, 3.63) is 0 Å². The predicted molar refractivity (Wildman–Crippen MR) is 39.9 cm³/mol. The first kappa shape index (κ1) is 5.34. The minimum Gasteiger partial charge on any atom is -0.299 e. The SMILES string of the molecule is O=C1C2CC34CCCC3(C2)C14. The number of carbonyl (C=O) groups is 1. The molecular formula is C10H12O. The smallest absolute Gasteiger partial charge is 0.140 e. The molecule has 0 amide bonds. The fourth-order valence-electron chi connectivity index (χ4n) is 5.02. The standard InChI is InChI=1S/C10H12O/c11-7-6-4-9-2-1-3-10(9,5-6)8(7)9/h6,8H,1-5H2. The number of hydrogen-bond donors (Lipinski definition) is 0. The van der Waals surface area contributed by atoms with Gasteiger partial charge in [-0.1, -0.05) is 6.42 Å². The number of carbonyl (C=O) groups excluding carboxylic acids is 1. The molecule has 0 N–H and O–H groups in total. The maximum atomic E-state index is 11.6. The van der Waals surface area contributed by atoms with Crippen LogP contribution in [0.1, 0.15) is 32.1 Å². The normalized spacial score (nSPS) is 68.9. The molecule has 5 fully saturated rings. The molecule has 11 heavy (non-hydrogen) atoms. The second kappa shape index (κ2) is 1.10. The Kier molecular flexibility index (Phi) is 0.535. The Balaban J connectivity index is 2.00. The fraction of sp³-hybridized carbons (Fsp3) is 0.900. The summed E-state index contributed by atoms with van der Waals surface area (Å²) >= 11 is 0. The van der Waals surface area contributed by atoms with E-state index in [2.05, 4.69) is 0 Å². The molecule has 0 radical (unpaired) electrons. The van der Waals surface area contributed by atoms with E-state index in [-0.39, 0.29) is 0 Å². The van der Waals surface area contributed by atoms with Crippen molar-refractivity contribution in [1.29, 1.82) is 0 Å². The molecule has 0 aromatic rings. The maximum absolute atomic E-state index is 11.6. The van der Waals surface area contributed by atoms with Crippen LogP contribution >= 0.6 is 0 Å². The third kappa shape index (κ3) is 0.285. The molecule has 1 nitrogen and oxygen atoms in total. The summed E-state index contributed by atoms with van der Waals surface area (Å²) in [4.78, 5) is 11.6. The van der Waals surface area contributed by atoms with Gasteiger partial charge in [-0.15, -0.1) is 0 Å². The third-order valence-electron chi connectivity index (χ3n) is 5.17. The van der Waals surface area contributed by atoms with Crippen LogP contribution < -0.4 is 0 Å². The van der Waals surface area contributed by atoms with Crippen molar-refractivity contribution in [2.45, 2.75) is 32.1 Å². The topological polar surface area (TPSA) is 17.1 Å². The van der Waals surface area contributed by atoms with Crippen LogP contribution in [0.5, 0.6) is 0 Å². The van der Waals surface area contributed by atoms with E-state index in [1.807, 2.05) is 0 Å². The molecule has 0 aromatic carbocycles. The van der Waals surface area contributed by atoms with E-state index in [0.717, 1.165) is 0 Å². The predicted octanol–water partition coefficient (Wildman–Crippen LogP) is 1.77. The molecule has 4 bridgehead atoms. The first-order chi connectivity index (χ1) is 5.30. The zero-order valence-corrected chi connectivity index (χ0v) is 6.60. The first-order valence-corrected chi connectivity index (χ1v) is 4.84. The van der Waals surface area contributed by atoms with Gasteiger partial charge >= 0.3 is 0 Å². The highest BCUT2D eigenvalue weighted by atomic mass is 16.1. The maximum Gasteiger partial charge on any atom is 0.140 e. The summed E-state index contributed by atoms with van der Waals surface area (Å²) < 4.78 is 0. The van der Waals surface area contributed by atoms with Gasteiger partial charge in [0, 0.05) is 11.8 Å². The van der Waals surface area contributed by atoms with Gasteiger partial charge in [-0.3, -0.25) is 4.79 Å². The quantitative estimate of drug-likeness (QED) is 0.511. The third-order valence-corrected chi connectivity index (χ3v) is 5.17. The molecule has 2 unspecified atom stereocenters. The number of Topliss-reactive ketones (excluding diaryl/α,β-unsaturated/α-hetero) is 1. The molecule has 5 saturated carbocycles. The Morgan fingerprint density at radius 2 is 1.82 bits per heavy atom. The average molecular weight is 148 g/mol. The lowest BCUT2D eigenvalue weighted by Crippen LogP contribution is -2.00. The van der Waals surface area contributed by atoms with Crippen LogP contribution in [0.4, 0.5) is 0 Å². The van der Waals surface area contributed by atoms with Crippen molar-refractivity contribution in [2.24, 2.45) is 22.7 Å². The van der Waals surface area contributed by atoms with Gasteiger partial charge in [-0.05, 0) is 36.5 Å². The first-order valence-electron chi connectivity index (χ1n) is 4.84. The summed E-state index contributed by atoms with van der Waals surface area (Å²) in [7, 11) is 0. The molecule has 5 aliphatic carbocycles. The van der Waals surface area contributed by atoms with Gasteiger partial charge in [-0.2, -0.15) is 0 Å². The number of rotatable bonds is 0. The van der Waals surface area contributed by atoms with E-state index in [1.165, 1.54) is 32.1 Å². The molecule has 1 heteroatoms. The van der Waals surface area contributed by atoms with Gasteiger partial charge in [0.05, 0.1) is 0 Å². The summed E-state index contributed by atoms with van der Waals surface area (Å²) in [6.07, 6.45) is 6.77. The van der Waals surface area contributed by atoms with E-state index in [4.69, 9.17) is 0 Å². The van der Waals surface area contributed by atoms with E-state index < -0.39 is 0 Å². The van der Waals surface area contributed by atoms with Crippen LogP contribution in [0.15, 0.2) is 0 Å². The molecule has 0 saturated heterocycles. The van der Waals surface area contributed by atoms with E-state index in [1.54, 1.807) is 0 Å². The summed E-state index contributed by atoms with van der Waals surface area (Å²) in [5.41, 5.74) is 1.21. The molecule has 5 aliphatic rings. The highest BCUT2D eigenvalue weighted by molar-refractivity contribution is 5.95. The molecule has 2 spiro atoms. The Labute approximate surface area is 66.2 Å². The fourth-order valence-corrected chi connectivity index (χ4v) is 5.02. The zero-order chi connectivity index (χ0) is 7.27. The number of hydrogen-bond acceptors (Lipinski definition) is 1. The molecule has 5 rings (SSSR count). The monoisotopic (exact) mass is 148 g/mol. The van der Waals surface area contributed by atoms with Crippen LogP contribution in [0.2, 0.25) is 0 Å². The Morgan fingerprint density at radius 1 is 1.18 bits per heavy atom. The van der Waals surface area contributed by atoms with Crippen molar-refractivity contribution in [3.63, 3.8) is 0 Å². The van der Waals surface area contributed by atoms with Gasteiger partial charge in [0.15, 0.2) is 0 Å². The van der Waals surface area contributed by atoms with Crippen LogP contribution in [0, 0.1) is 22.7 Å². The minimum absolute atomic E-state index is 0.528. The highest BCUT2D eigenvalue weighted by Gasteiger charge is 2.88. The summed E-state index contributed by atoms with van der Waals surface area (Å²) in [6, 6.07) is 0. The summed E-state index contributed by atoms with van der Waals surface area (Å²) in [6.45, 7) is 0. The molecule has 0 aromatic heterocycles. The molecule has 58 valence electrons. The average Bonchev–Trinajstić information content (AvgIpc) is 2.43. The van der Waals surface area contributed by atoms with Gasteiger partial charge in [0.1, 0.15) is 5.78 Å². The summed E-state index contributed by atoms with van der Waals surface area (Å²) in [5.74, 6) is 1.76. The van der Waals surface area contributed by atoms with Gasteiger partial charge in [-0.25, -0.2) is 0 Å². The lowest BCUT2D eigenvalue weighted by Gasteiger charge is -2.02. The minimum atomic E-state index is 0.528. The highest BCUT2D eigenvalue weighted by Crippen LogP contribution is 2.91. The number of ketones is 1. The van der Waals surface area contributed by atoms with Crippen molar-refractivity contribution >= 4 is 5.78 Å². The lowest BCUT2D eigenvalue weighted by atomic mass is 10.0. The lowest BCUT2D eigenvalue weighted by molar-refractivity contribution is -0.121. The van der Waals surface area contributed by atoms with E-state index in [0.29, 0.717) is 28.4 Å². The Hall–Kier alpha value is -0.330. The van der Waals surface area contributed by atoms with Crippen molar-refractivity contribution in [2.75, 3.05) is 0 Å². The second-order valence-corrected chi connectivity index (χ2v) is 5.11. The van der Waals surface area contributed by atoms with Crippen molar-refractivity contribution < 1.29 is 4.79 Å². The second-order valence-electron chi connectivity index (χ2n) is 5.11. The largest absolute Gasteiger partial charge is 0.299 e.